The summed E-state index contributed by atoms with van der Waals surface area (Å²) in [6.45, 7) is 2.11. The maximum atomic E-state index is 13.2. The Bertz CT molecular complexity index is 799. The van der Waals surface area contributed by atoms with Crippen molar-refractivity contribution in [3.05, 3.63) is 29.8 Å². The van der Waals surface area contributed by atoms with E-state index in [1.165, 1.54) is 23.1 Å². The first-order valence-electron chi connectivity index (χ1n) is 11.0. The van der Waals surface area contributed by atoms with Gasteiger partial charge < -0.3 is 19.9 Å². The van der Waals surface area contributed by atoms with Crippen LogP contribution in [0.2, 0.25) is 0 Å². The summed E-state index contributed by atoms with van der Waals surface area (Å²) in [5.41, 5.74) is -1.10. The molecule has 3 amide bonds. The molecule has 1 aliphatic carbocycles. The Kier molecular flexibility index (Phi) is 6.41. The van der Waals surface area contributed by atoms with Gasteiger partial charge in [-0.15, -0.1) is 0 Å². The smallest absolute Gasteiger partial charge is 0.381 e. The lowest BCUT2D eigenvalue weighted by atomic mass is 9.97. The van der Waals surface area contributed by atoms with Crippen LogP contribution in [-0.4, -0.2) is 60.1 Å². The van der Waals surface area contributed by atoms with Gasteiger partial charge in [-0.2, -0.15) is 13.2 Å². The van der Waals surface area contributed by atoms with E-state index in [1.807, 2.05) is 4.90 Å². The van der Waals surface area contributed by atoms with E-state index in [2.05, 4.69) is 5.32 Å². The first-order valence-corrected chi connectivity index (χ1v) is 11.0. The lowest BCUT2D eigenvalue weighted by Gasteiger charge is -2.43. The second-order valence-electron chi connectivity index (χ2n) is 8.56. The Hall–Kier alpha value is -2.29. The highest BCUT2D eigenvalue weighted by molar-refractivity contribution is 5.90. The van der Waals surface area contributed by atoms with Crippen LogP contribution in [0.4, 0.5) is 23.7 Å². The topological polar surface area (TPSA) is 61.9 Å². The molecule has 0 atom stereocenters. The van der Waals surface area contributed by atoms with Gasteiger partial charge in [0.2, 0.25) is 5.91 Å². The molecule has 170 valence electrons. The molecule has 2 heterocycles. The molecule has 1 saturated carbocycles. The van der Waals surface area contributed by atoms with Crippen LogP contribution >= 0.6 is 0 Å². The molecule has 0 aromatic heterocycles. The summed E-state index contributed by atoms with van der Waals surface area (Å²) < 4.78 is 45.0. The summed E-state index contributed by atoms with van der Waals surface area (Å²) in [4.78, 5) is 29.2. The van der Waals surface area contributed by atoms with Crippen LogP contribution < -0.4 is 5.32 Å². The number of anilines is 1. The van der Waals surface area contributed by atoms with Crippen molar-refractivity contribution in [2.24, 2.45) is 5.92 Å². The summed E-state index contributed by atoms with van der Waals surface area (Å²) in [5, 5.41) is 2.42. The number of nitrogens with one attached hydrogen (secondary N) is 1. The molecular formula is C22H28F3N3O3. The highest BCUT2D eigenvalue weighted by Gasteiger charge is 2.41. The molecule has 0 unspecified atom stereocenters. The van der Waals surface area contributed by atoms with Gasteiger partial charge in [0.15, 0.2) is 0 Å². The maximum Gasteiger partial charge on any atom is 0.418 e. The summed E-state index contributed by atoms with van der Waals surface area (Å²) in [6.07, 6.45) is 0.260. The van der Waals surface area contributed by atoms with Crippen LogP contribution in [0.3, 0.4) is 0 Å². The molecule has 6 nitrogen and oxygen atoms in total. The molecule has 3 aliphatic rings. The Balaban J connectivity index is 1.38. The highest BCUT2D eigenvalue weighted by Crippen LogP contribution is 2.36. The van der Waals surface area contributed by atoms with Crippen molar-refractivity contribution in [3.8, 4) is 0 Å². The molecule has 31 heavy (non-hydrogen) atoms. The van der Waals surface area contributed by atoms with E-state index in [0.29, 0.717) is 39.1 Å². The zero-order valence-corrected chi connectivity index (χ0v) is 17.4. The lowest BCUT2D eigenvalue weighted by Crippen LogP contribution is -2.54. The number of hydrogen-bond acceptors (Lipinski definition) is 3. The number of nitrogens with zero attached hydrogens (tertiary/aromatic N) is 2. The van der Waals surface area contributed by atoms with Crippen LogP contribution in [0.25, 0.3) is 0 Å². The molecule has 1 N–H and O–H groups in total. The fourth-order valence-corrected chi connectivity index (χ4v) is 4.54. The average molecular weight is 439 g/mol. The molecular weight excluding hydrogens is 411 g/mol. The molecule has 2 saturated heterocycles. The molecule has 9 heteroatoms. The van der Waals surface area contributed by atoms with E-state index in [-0.39, 0.29) is 29.6 Å². The molecule has 4 rings (SSSR count). The van der Waals surface area contributed by atoms with E-state index in [0.717, 1.165) is 31.7 Å². The number of carbonyl (C=O) groups excluding carboxylic acids is 2. The van der Waals surface area contributed by atoms with Crippen molar-refractivity contribution in [1.82, 2.24) is 9.80 Å². The van der Waals surface area contributed by atoms with Crippen molar-refractivity contribution in [2.75, 3.05) is 31.6 Å². The average Bonchev–Trinajstić information content (AvgIpc) is 3.60. The van der Waals surface area contributed by atoms with Gasteiger partial charge in [0.25, 0.3) is 0 Å². The fourth-order valence-electron chi connectivity index (χ4n) is 4.54. The molecule has 0 bridgehead atoms. The van der Waals surface area contributed by atoms with Crippen molar-refractivity contribution < 1.29 is 27.5 Å². The predicted octanol–water partition coefficient (Wildman–Crippen LogP) is 4.12. The zero-order valence-electron chi connectivity index (χ0n) is 17.4. The third kappa shape index (κ3) is 5.14. The minimum absolute atomic E-state index is 0.0581. The summed E-state index contributed by atoms with van der Waals surface area (Å²) >= 11 is 0. The number of likely N-dealkylation sites (tertiary alicyclic amines) is 1. The summed E-state index contributed by atoms with van der Waals surface area (Å²) in [5.74, 6) is 0.344. The molecule has 0 spiro atoms. The number of para-hydroxylation sites is 1. The van der Waals surface area contributed by atoms with Gasteiger partial charge >= 0.3 is 12.2 Å². The third-order valence-corrected chi connectivity index (χ3v) is 6.38. The van der Waals surface area contributed by atoms with Gasteiger partial charge in [0, 0.05) is 44.3 Å². The van der Waals surface area contributed by atoms with Crippen LogP contribution in [0.1, 0.15) is 44.1 Å². The molecule has 1 aromatic carbocycles. The number of ether oxygens (including phenoxy) is 1. The van der Waals surface area contributed by atoms with Gasteiger partial charge in [-0.05, 0) is 50.7 Å². The van der Waals surface area contributed by atoms with Crippen molar-refractivity contribution in [1.29, 1.82) is 0 Å². The van der Waals surface area contributed by atoms with E-state index in [9.17, 15) is 22.8 Å². The first-order chi connectivity index (χ1) is 14.8. The number of carbonyl (C=O) groups is 2. The van der Waals surface area contributed by atoms with E-state index in [1.54, 1.807) is 0 Å². The SMILES string of the molecule is O=C(Nc1ccccc1C(F)(F)F)N1CCC(N(C(=O)C2CC2)C2CCOCC2)CC1. The second kappa shape index (κ2) is 9.06. The highest BCUT2D eigenvalue weighted by atomic mass is 19.4. The predicted molar refractivity (Wildman–Crippen MR) is 108 cm³/mol. The van der Waals surface area contributed by atoms with Gasteiger partial charge in [0.1, 0.15) is 0 Å². The standard InChI is InChI=1S/C22H28F3N3O3/c23-22(24,25)18-3-1-2-4-19(18)26-21(30)27-11-7-16(8-12-27)28(20(29)15-5-6-15)17-9-13-31-14-10-17/h1-4,15-17H,5-14H2,(H,26,30). The van der Waals surface area contributed by atoms with Crippen molar-refractivity contribution >= 4 is 17.6 Å². The van der Waals surface area contributed by atoms with Gasteiger partial charge in [0.05, 0.1) is 11.3 Å². The minimum Gasteiger partial charge on any atom is -0.381 e. The summed E-state index contributed by atoms with van der Waals surface area (Å²) in [6, 6.07) is 4.67. The number of benzene rings is 1. The number of alkyl halides is 3. The van der Waals surface area contributed by atoms with E-state index >= 15 is 0 Å². The van der Waals surface area contributed by atoms with E-state index in [4.69, 9.17) is 4.74 Å². The second-order valence-corrected chi connectivity index (χ2v) is 8.56. The minimum atomic E-state index is -4.54. The Labute approximate surface area is 179 Å². The number of halogens is 3. The van der Waals surface area contributed by atoms with Crippen molar-refractivity contribution in [2.45, 2.75) is 56.8 Å². The third-order valence-electron chi connectivity index (χ3n) is 6.38. The Morgan fingerprint density at radius 1 is 0.968 bits per heavy atom. The number of urea groups is 1. The van der Waals surface area contributed by atoms with E-state index < -0.39 is 17.8 Å². The first kappa shape index (κ1) is 21.9. The summed E-state index contributed by atoms with van der Waals surface area (Å²) in [7, 11) is 0. The monoisotopic (exact) mass is 439 g/mol. The number of piperidine rings is 1. The van der Waals surface area contributed by atoms with Crippen molar-refractivity contribution in [3.63, 3.8) is 0 Å². The lowest BCUT2D eigenvalue weighted by molar-refractivity contribution is -0.141. The number of hydrogen-bond donors (Lipinski definition) is 1. The van der Waals surface area contributed by atoms with Gasteiger partial charge in [-0.3, -0.25) is 4.79 Å². The van der Waals surface area contributed by atoms with Crippen LogP contribution in [0.15, 0.2) is 24.3 Å². The van der Waals surface area contributed by atoms with Crippen LogP contribution in [0.5, 0.6) is 0 Å². The number of rotatable bonds is 4. The fraction of sp³-hybridized carbons (Fsp3) is 0.636. The van der Waals surface area contributed by atoms with Gasteiger partial charge in [-0.1, -0.05) is 12.1 Å². The number of amides is 3. The van der Waals surface area contributed by atoms with Crippen LogP contribution in [0, 0.1) is 5.92 Å². The largest absolute Gasteiger partial charge is 0.418 e. The Morgan fingerprint density at radius 2 is 1.58 bits per heavy atom. The normalized spacial score (nSPS) is 21.1. The maximum absolute atomic E-state index is 13.2. The quantitative estimate of drug-likeness (QED) is 0.768. The Morgan fingerprint density at radius 3 is 2.19 bits per heavy atom. The molecule has 1 aromatic rings. The molecule has 0 radical (unpaired) electrons. The zero-order chi connectivity index (χ0) is 22.0. The van der Waals surface area contributed by atoms with Gasteiger partial charge in [-0.25, -0.2) is 4.79 Å². The molecule has 2 aliphatic heterocycles. The van der Waals surface area contributed by atoms with Crippen LogP contribution in [-0.2, 0) is 15.7 Å². The molecule has 3 fully saturated rings.